The minimum atomic E-state index is -3.67. The standard InChI is InChI=1S/C53H68ClN11O7S/c1-5-35-31-42(59-53-57-33-39(54)50(61-53)58-41-20-19-40-48(56-26-25-55-40)49(41)62-73(4,69)70)46(71-3)32-44(35)64-28-23-36(24-29-64)63(2)27-14-12-10-8-6-7-9-11-13-15-30-72-45-18-16-17-37-38(45)34-65(52(37)68)43-21-22-47(66)60-51(43)67/h16-20,25-26,31-33,36,43,62H,5-15,21-24,27-30,34H2,1-4H3,(H,60,66,67)(H2,57,58,59,61). The van der Waals surface area contributed by atoms with Crippen LogP contribution in [-0.4, -0.2) is 115 Å². The molecule has 4 N–H and O–H groups in total. The van der Waals surface area contributed by atoms with Gasteiger partial charge in [-0.25, -0.2) is 13.4 Å². The van der Waals surface area contributed by atoms with Crippen LogP contribution < -0.4 is 35.0 Å². The molecule has 2 saturated heterocycles. The quantitative estimate of drug-likeness (QED) is 0.0317. The van der Waals surface area contributed by atoms with Gasteiger partial charge in [0.25, 0.3) is 5.91 Å². The van der Waals surface area contributed by atoms with Crippen molar-refractivity contribution in [1.29, 1.82) is 0 Å². The lowest BCUT2D eigenvalue weighted by atomic mass is 10.00. The van der Waals surface area contributed by atoms with Crippen LogP contribution in [0.4, 0.5) is 34.5 Å². The molecule has 3 amide bonds. The van der Waals surface area contributed by atoms with Crippen molar-refractivity contribution in [3.63, 3.8) is 0 Å². The first kappa shape index (κ1) is 53.0. The number of amides is 3. The Morgan fingerprint density at radius 2 is 1.59 bits per heavy atom. The van der Waals surface area contributed by atoms with Crippen molar-refractivity contribution >= 4 is 84.9 Å². The van der Waals surface area contributed by atoms with Gasteiger partial charge < -0.3 is 34.8 Å². The number of imide groups is 1. The lowest BCUT2D eigenvalue weighted by molar-refractivity contribution is -0.136. The fourth-order valence-electron chi connectivity index (χ4n) is 10.1. The third-order valence-corrected chi connectivity index (χ3v) is 14.9. The van der Waals surface area contributed by atoms with E-state index in [-0.39, 0.29) is 40.7 Å². The predicted octanol–water partition coefficient (Wildman–Crippen LogP) is 9.14. The van der Waals surface area contributed by atoms with E-state index >= 15 is 0 Å². The summed E-state index contributed by atoms with van der Waals surface area (Å²) in [6.07, 6.45) is 21.2. The zero-order valence-electron chi connectivity index (χ0n) is 42.3. The number of hydrogen-bond acceptors (Lipinski definition) is 15. The number of hydrogen-bond donors (Lipinski definition) is 4. The maximum atomic E-state index is 13.1. The molecule has 390 valence electrons. The van der Waals surface area contributed by atoms with Gasteiger partial charge in [0.15, 0.2) is 5.82 Å². The molecule has 20 heteroatoms. The molecule has 2 fully saturated rings. The van der Waals surface area contributed by atoms with Gasteiger partial charge >= 0.3 is 0 Å². The van der Waals surface area contributed by atoms with Crippen molar-refractivity contribution < 1.29 is 32.3 Å². The van der Waals surface area contributed by atoms with Crippen LogP contribution in [0.15, 0.2) is 61.1 Å². The number of carbonyl (C=O) groups is 3. The minimum absolute atomic E-state index is 0.181. The number of unbranched alkanes of at least 4 members (excludes halogenated alkanes) is 9. The highest BCUT2D eigenvalue weighted by atomic mass is 35.5. The van der Waals surface area contributed by atoms with E-state index in [1.807, 2.05) is 12.1 Å². The number of benzene rings is 3. The Morgan fingerprint density at radius 1 is 0.863 bits per heavy atom. The highest BCUT2D eigenvalue weighted by molar-refractivity contribution is 7.92. The Morgan fingerprint density at radius 3 is 2.30 bits per heavy atom. The predicted molar refractivity (Wildman–Crippen MR) is 286 cm³/mol. The van der Waals surface area contributed by atoms with Crippen molar-refractivity contribution in [3.8, 4) is 11.5 Å². The largest absolute Gasteiger partial charge is 0.494 e. The molecule has 1 unspecified atom stereocenters. The summed E-state index contributed by atoms with van der Waals surface area (Å²) in [6, 6.07) is 13.0. The number of rotatable bonds is 25. The summed E-state index contributed by atoms with van der Waals surface area (Å²) in [7, 11) is 0.264. The summed E-state index contributed by atoms with van der Waals surface area (Å²) in [6.45, 7) is 6.09. The van der Waals surface area contributed by atoms with Gasteiger partial charge in [0, 0.05) is 60.8 Å². The van der Waals surface area contributed by atoms with Crippen LogP contribution in [-0.2, 0) is 32.6 Å². The molecule has 2 aromatic heterocycles. The maximum absolute atomic E-state index is 13.1. The Balaban J connectivity index is 0.719. The van der Waals surface area contributed by atoms with Crippen LogP contribution >= 0.6 is 11.6 Å². The zero-order valence-corrected chi connectivity index (χ0v) is 43.9. The Labute approximate surface area is 433 Å². The molecule has 3 aromatic carbocycles. The van der Waals surface area contributed by atoms with E-state index in [9.17, 15) is 22.8 Å². The van der Waals surface area contributed by atoms with Gasteiger partial charge in [-0.1, -0.05) is 76.0 Å². The van der Waals surface area contributed by atoms with Gasteiger partial charge in [-0.05, 0) is 88.0 Å². The first-order valence-corrected chi connectivity index (χ1v) is 27.9. The highest BCUT2D eigenvalue weighted by Gasteiger charge is 2.40. The molecule has 3 aliphatic heterocycles. The maximum Gasteiger partial charge on any atom is 0.255 e. The van der Waals surface area contributed by atoms with Crippen LogP contribution in [0.2, 0.25) is 5.02 Å². The molecular formula is C53H68ClN11O7S. The number of carbonyl (C=O) groups excluding carboxylic acids is 3. The molecule has 0 aliphatic carbocycles. The Bertz CT molecular complexity index is 2880. The van der Waals surface area contributed by atoms with Crippen LogP contribution in [0.25, 0.3) is 11.0 Å². The Kier molecular flexibility index (Phi) is 17.9. The van der Waals surface area contributed by atoms with Crippen LogP contribution in [0.5, 0.6) is 11.5 Å². The third-order valence-electron chi connectivity index (χ3n) is 14.1. The first-order valence-electron chi connectivity index (χ1n) is 25.6. The molecule has 0 spiro atoms. The van der Waals surface area contributed by atoms with Gasteiger partial charge in [0.1, 0.15) is 28.1 Å². The number of halogens is 1. The van der Waals surface area contributed by atoms with Gasteiger partial charge in [-0.2, -0.15) is 4.98 Å². The van der Waals surface area contributed by atoms with Gasteiger partial charge in [-0.3, -0.25) is 34.4 Å². The topological polar surface area (TPSA) is 213 Å². The molecule has 5 aromatic rings. The molecule has 0 saturated carbocycles. The van der Waals surface area contributed by atoms with E-state index in [4.69, 9.17) is 21.1 Å². The minimum Gasteiger partial charge on any atom is -0.494 e. The Hall–Kier alpha value is -6.31. The van der Waals surface area contributed by atoms with Crippen molar-refractivity contribution in [1.82, 2.24) is 35.1 Å². The summed E-state index contributed by atoms with van der Waals surface area (Å²) in [4.78, 5) is 61.5. The molecule has 0 radical (unpaired) electrons. The number of nitrogens with one attached hydrogen (secondary N) is 4. The second-order valence-corrected chi connectivity index (χ2v) is 21.4. The number of methoxy groups -OCH3 is 1. The number of ether oxygens (including phenoxy) is 2. The molecule has 18 nitrogen and oxygen atoms in total. The van der Waals surface area contributed by atoms with Crippen LogP contribution in [0.1, 0.15) is 118 Å². The zero-order chi connectivity index (χ0) is 51.5. The number of anilines is 6. The summed E-state index contributed by atoms with van der Waals surface area (Å²) in [5.74, 6) is 1.02. The van der Waals surface area contributed by atoms with E-state index in [0.29, 0.717) is 65.1 Å². The van der Waals surface area contributed by atoms with Gasteiger partial charge in [-0.15, -0.1) is 0 Å². The smallest absolute Gasteiger partial charge is 0.255 e. The molecule has 0 bridgehead atoms. The van der Waals surface area contributed by atoms with E-state index in [2.05, 4.69) is 76.5 Å². The van der Waals surface area contributed by atoms with Gasteiger partial charge in [0.05, 0.1) is 55.3 Å². The average Bonchev–Trinajstić information content (AvgIpc) is 3.72. The first-order chi connectivity index (χ1) is 35.3. The second kappa shape index (κ2) is 24.6. The van der Waals surface area contributed by atoms with Crippen molar-refractivity contribution in [3.05, 3.63) is 82.8 Å². The van der Waals surface area contributed by atoms with E-state index in [1.54, 1.807) is 30.2 Å². The van der Waals surface area contributed by atoms with Crippen LogP contribution in [0, 0.1) is 0 Å². The summed E-state index contributed by atoms with van der Waals surface area (Å²) >= 11 is 6.57. The number of fused-ring (bicyclic) bond motifs is 2. The fourth-order valence-corrected chi connectivity index (χ4v) is 10.8. The normalized spacial score (nSPS) is 16.2. The second-order valence-electron chi connectivity index (χ2n) is 19.2. The lowest BCUT2D eigenvalue weighted by Crippen LogP contribution is -2.52. The molecule has 73 heavy (non-hydrogen) atoms. The summed E-state index contributed by atoms with van der Waals surface area (Å²) in [5, 5.41) is 9.08. The number of sulfonamides is 1. The molecule has 5 heterocycles. The van der Waals surface area contributed by atoms with E-state index < -0.39 is 22.0 Å². The third kappa shape index (κ3) is 13.5. The van der Waals surface area contributed by atoms with Crippen molar-refractivity contribution in [2.75, 3.05) is 66.9 Å². The number of nitrogens with zero attached hydrogens (tertiary/aromatic N) is 7. The van der Waals surface area contributed by atoms with E-state index in [1.165, 1.54) is 75.5 Å². The van der Waals surface area contributed by atoms with E-state index in [0.717, 1.165) is 69.2 Å². The van der Waals surface area contributed by atoms with Gasteiger partial charge in [0.2, 0.25) is 27.8 Å². The highest BCUT2D eigenvalue weighted by Crippen LogP contribution is 2.39. The fraction of sp³-hybridized carbons (Fsp3) is 0.491. The molecule has 1 atom stereocenters. The lowest BCUT2D eigenvalue weighted by Gasteiger charge is -2.39. The molecule has 3 aliphatic rings. The number of aromatic nitrogens is 4. The summed E-state index contributed by atoms with van der Waals surface area (Å²) in [5.41, 5.74) is 5.96. The SMILES string of the molecule is CCc1cc(Nc2ncc(Cl)c(Nc3ccc4nccnc4c3NS(C)(=O)=O)n2)c(OC)cc1N1CCC(N(C)CCCCCCCCCCCCOc2cccc3c2CN(C2CCC(=O)NC2=O)C3=O)CC1. The monoisotopic (exact) mass is 1040 g/mol. The molecular weight excluding hydrogens is 970 g/mol. The van der Waals surface area contributed by atoms with Crippen molar-refractivity contribution in [2.24, 2.45) is 0 Å². The summed E-state index contributed by atoms with van der Waals surface area (Å²) < 4.78 is 39.3. The molecule has 8 rings (SSSR count). The number of piperidine rings is 2. The number of aryl methyl sites for hydroxylation is 1. The van der Waals surface area contributed by atoms with Crippen LogP contribution in [0.3, 0.4) is 0 Å². The van der Waals surface area contributed by atoms with Crippen molar-refractivity contribution in [2.45, 2.75) is 122 Å². The average molecular weight is 1040 g/mol.